The van der Waals surface area contributed by atoms with Crippen LogP contribution in [0.4, 0.5) is 5.69 Å². The zero-order valence-corrected chi connectivity index (χ0v) is 11.6. The van der Waals surface area contributed by atoms with Crippen LogP contribution < -0.4 is 4.90 Å². The number of carbonyl (C=O) groups excluding carboxylic acids is 1. The molecular formula is C15H22N2O2. The van der Waals surface area contributed by atoms with Crippen LogP contribution in [0.25, 0.3) is 0 Å². The molecule has 0 saturated heterocycles. The van der Waals surface area contributed by atoms with Gasteiger partial charge in [-0.2, -0.15) is 0 Å². The van der Waals surface area contributed by atoms with Gasteiger partial charge in [-0.05, 0) is 37.9 Å². The van der Waals surface area contributed by atoms with Gasteiger partial charge in [-0.25, -0.2) is 0 Å². The van der Waals surface area contributed by atoms with Crippen molar-refractivity contribution in [1.29, 1.82) is 0 Å². The average Bonchev–Trinajstić information content (AvgIpc) is 3.22. The number of nitrogens with zero attached hydrogens (tertiary/aromatic N) is 2. The third kappa shape index (κ3) is 4.04. The van der Waals surface area contributed by atoms with Crippen LogP contribution in [0, 0.1) is 5.92 Å². The van der Waals surface area contributed by atoms with Crippen molar-refractivity contribution < 1.29 is 9.90 Å². The van der Waals surface area contributed by atoms with E-state index in [9.17, 15) is 9.90 Å². The third-order valence-corrected chi connectivity index (χ3v) is 3.59. The molecule has 0 aliphatic heterocycles. The Balaban J connectivity index is 1.82. The molecule has 104 valence electrons. The molecule has 1 N–H and O–H groups in total. The second kappa shape index (κ2) is 6.17. The van der Waals surface area contributed by atoms with Crippen molar-refractivity contribution in [3.63, 3.8) is 0 Å². The highest BCUT2D eigenvalue weighted by Gasteiger charge is 2.30. The van der Waals surface area contributed by atoms with Crippen LogP contribution in [0.5, 0.6) is 0 Å². The maximum Gasteiger partial charge on any atom is 0.240 e. The number of aliphatic hydroxyl groups is 1. The summed E-state index contributed by atoms with van der Waals surface area (Å²) in [5, 5.41) is 9.86. The van der Waals surface area contributed by atoms with E-state index in [4.69, 9.17) is 0 Å². The highest BCUT2D eigenvalue weighted by molar-refractivity contribution is 5.94. The summed E-state index contributed by atoms with van der Waals surface area (Å²) in [6.45, 7) is 0.897. The van der Waals surface area contributed by atoms with E-state index in [0.717, 1.165) is 18.5 Å². The molecule has 1 fully saturated rings. The third-order valence-electron chi connectivity index (χ3n) is 3.59. The molecule has 4 nitrogen and oxygen atoms in total. The maximum absolute atomic E-state index is 12.1. The second-order valence-corrected chi connectivity index (χ2v) is 5.39. The minimum absolute atomic E-state index is 0.0386. The van der Waals surface area contributed by atoms with E-state index >= 15 is 0 Å². The Morgan fingerprint density at radius 3 is 2.53 bits per heavy atom. The van der Waals surface area contributed by atoms with Crippen LogP contribution >= 0.6 is 0 Å². The van der Waals surface area contributed by atoms with Gasteiger partial charge in [-0.3, -0.25) is 9.69 Å². The summed E-state index contributed by atoms with van der Waals surface area (Å²) >= 11 is 0. The van der Waals surface area contributed by atoms with Gasteiger partial charge in [0.1, 0.15) is 0 Å². The van der Waals surface area contributed by atoms with Crippen molar-refractivity contribution >= 4 is 11.6 Å². The second-order valence-electron chi connectivity index (χ2n) is 5.39. The van der Waals surface area contributed by atoms with Gasteiger partial charge in [0.15, 0.2) is 0 Å². The minimum Gasteiger partial charge on any atom is -0.392 e. The fourth-order valence-corrected chi connectivity index (χ4v) is 2.15. The maximum atomic E-state index is 12.1. The van der Waals surface area contributed by atoms with E-state index < -0.39 is 0 Å². The number of anilines is 1. The number of carbonyl (C=O) groups is 1. The average molecular weight is 262 g/mol. The van der Waals surface area contributed by atoms with E-state index in [1.807, 2.05) is 42.3 Å². The van der Waals surface area contributed by atoms with E-state index in [0.29, 0.717) is 19.0 Å². The van der Waals surface area contributed by atoms with E-state index in [1.54, 1.807) is 11.9 Å². The van der Waals surface area contributed by atoms with Gasteiger partial charge < -0.3 is 10.0 Å². The molecule has 1 aliphatic rings. The van der Waals surface area contributed by atoms with Gasteiger partial charge in [0, 0.05) is 19.3 Å². The van der Waals surface area contributed by atoms with Gasteiger partial charge in [0.25, 0.3) is 0 Å². The van der Waals surface area contributed by atoms with Gasteiger partial charge in [-0.1, -0.05) is 18.2 Å². The summed E-state index contributed by atoms with van der Waals surface area (Å²) in [4.78, 5) is 15.7. The molecule has 2 rings (SSSR count). The lowest BCUT2D eigenvalue weighted by Crippen LogP contribution is -2.40. The topological polar surface area (TPSA) is 43.8 Å². The van der Waals surface area contributed by atoms with E-state index in [-0.39, 0.29) is 12.0 Å². The predicted molar refractivity (Wildman–Crippen MR) is 76.1 cm³/mol. The Kier molecular flexibility index (Phi) is 4.56. The number of hydrogen-bond donors (Lipinski definition) is 1. The Hall–Kier alpha value is -1.39. The standard InChI is InChI=1S/C15H22N2O2/c1-16(10-14(18)12-8-9-12)11-15(19)17(2)13-6-4-3-5-7-13/h3-7,12,14,18H,8-11H2,1-2H3. The van der Waals surface area contributed by atoms with Crippen LogP contribution in [-0.2, 0) is 4.79 Å². The normalized spacial score (nSPS) is 16.4. The van der Waals surface area contributed by atoms with Gasteiger partial charge >= 0.3 is 0 Å². The Labute approximate surface area is 114 Å². The largest absolute Gasteiger partial charge is 0.392 e. The van der Waals surface area contributed by atoms with Crippen molar-refractivity contribution in [3.8, 4) is 0 Å². The lowest BCUT2D eigenvalue weighted by atomic mass is 10.2. The molecular weight excluding hydrogens is 240 g/mol. The van der Waals surface area contributed by atoms with Crippen molar-refractivity contribution in [2.45, 2.75) is 18.9 Å². The Morgan fingerprint density at radius 1 is 1.32 bits per heavy atom. The molecule has 0 heterocycles. The summed E-state index contributed by atoms with van der Waals surface area (Å²) in [6.07, 6.45) is 1.94. The van der Waals surface area contributed by atoms with Crippen molar-refractivity contribution in [3.05, 3.63) is 30.3 Å². The molecule has 4 heteroatoms. The molecule has 0 radical (unpaired) electrons. The summed E-state index contributed by atoms with van der Waals surface area (Å²) in [7, 11) is 3.66. The first-order valence-electron chi connectivity index (χ1n) is 6.76. The van der Waals surface area contributed by atoms with E-state index in [1.165, 1.54) is 0 Å². The van der Waals surface area contributed by atoms with E-state index in [2.05, 4.69) is 0 Å². The minimum atomic E-state index is -0.292. The van der Waals surface area contributed by atoms with Crippen molar-refractivity contribution in [2.75, 3.05) is 32.1 Å². The zero-order valence-electron chi connectivity index (χ0n) is 11.6. The zero-order chi connectivity index (χ0) is 13.8. The van der Waals surface area contributed by atoms with Crippen LogP contribution in [0.1, 0.15) is 12.8 Å². The van der Waals surface area contributed by atoms with Crippen LogP contribution in [0.2, 0.25) is 0 Å². The quantitative estimate of drug-likeness (QED) is 0.841. The summed E-state index contributed by atoms with van der Waals surface area (Å²) in [5.74, 6) is 0.487. The molecule has 0 bridgehead atoms. The molecule has 19 heavy (non-hydrogen) atoms. The fourth-order valence-electron chi connectivity index (χ4n) is 2.15. The SMILES string of the molecule is CN(CC(=O)N(C)c1ccccc1)CC(O)C1CC1. The molecule has 1 aromatic carbocycles. The lowest BCUT2D eigenvalue weighted by Gasteiger charge is -2.23. The first-order valence-corrected chi connectivity index (χ1v) is 6.76. The highest BCUT2D eigenvalue weighted by atomic mass is 16.3. The first kappa shape index (κ1) is 14.0. The Morgan fingerprint density at radius 2 is 1.95 bits per heavy atom. The summed E-state index contributed by atoms with van der Waals surface area (Å²) < 4.78 is 0. The van der Waals surface area contributed by atoms with Crippen LogP contribution in [0.15, 0.2) is 30.3 Å². The molecule has 0 spiro atoms. The number of likely N-dealkylation sites (N-methyl/N-ethyl adjacent to an activating group) is 2. The number of aliphatic hydroxyl groups excluding tert-OH is 1. The van der Waals surface area contributed by atoms with Gasteiger partial charge in [0.2, 0.25) is 5.91 Å². The van der Waals surface area contributed by atoms with Gasteiger partial charge in [0.05, 0.1) is 12.6 Å². The molecule has 1 amide bonds. The van der Waals surface area contributed by atoms with Crippen LogP contribution in [-0.4, -0.2) is 49.2 Å². The molecule has 1 aliphatic carbocycles. The van der Waals surface area contributed by atoms with Gasteiger partial charge in [-0.15, -0.1) is 0 Å². The molecule has 1 aromatic rings. The van der Waals surface area contributed by atoms with Crippen LogP contribution in [0.3, 0.4) is 0 Å². The number of amides is 1. The predicted octanol–water partition coefficient (Wildman–Crippen LogP) is 1.35. The number of benzene rings is 1. The number of hydrogen-bond acceptors (Lipinski definition) is 3. The lowest BCUT2D eigenvalue weighted by molar-refractivity contribution is -0.119. The molecule has 1 unspecified atom stereocenters. The number of rotatable bonds is 6. The molecule has 0 aromatic heterocycles. The smallest absolute Gasteiger partial charge is 0.240 e. The van der Waals surface area contributed by atoms with Crippen molar-refractivity contribution in [2.24, 2.45) is 5.92 Å². The molecule has 1 atom stereocenters. The highest BCUT2D eigenvalue weighted by Crippen LogP contribution is 2.32. The molecule has 1 saturated carbocycles. The fraction of sp³-hybridized carbons (Fsp3) is 0.533. The first-order chi connectivity index (χ1) is 9.08. The number of para-hydroxylation sites is 1. The van der Waals surface area contributed by atoms with Crippen molar-refractivity contribution in [1.82, 2.24) is 4.90 Å². The summed E-state index contributed by atoms with van der Waals surface area (Å²) in [6, 6.07) is 9.59. The summed E-state index contributed by atoms with van der Waals surface area (Å²) in [5.41, 5.74) is 0.892. The Bertz CT molecular complexity index is 417. The monoisotopic (exact) mass is 262 g/mol.